The van der Waals surface area contributed by atoms with E-state index in [2.05, 4.69) is 72.3 Å². The monoisotopic (exact) mass is 463 g/mol. The van der Waals surface area contributed by atoms with Gasteiger partial charge in [-0.05, 0) is 60.2 Å². The lowest BCUT2D eigenvalue weighted by atomic mass is 10.0. The number of ether oxygens (including phenoxy) is 1. The smallest absolute Gasteiger partial charge is 0.181 e. The van der Waals surface area contributed by atoms with E-state index in [9.17, 15) is 0 Å². The van der Waals surface area contributed by atoms with Crippen LogP contribution >= 0.6 is 0 Å². The third-order valence-corrected chi connectivity index (χ3v) is 6.28. The van der Waals surface area contributed by atoms with E-state index in [0.29, 0.717) is 5.82 Å². The van der Waals surface area contributed by atoms with Gasteiger partial charge in [-0.25, -0.2) is 14.7 Å². The first-order chi connectivity index (χ1) is 17.3. The molecule has 1 fully saturated rings. The summed E-state index contributed by atoms with van der Waals surface area (Å²) in [7, 11) is 0. The van der Waals surface area contributed by atoms with Crippen LogP contribution in [0.1, 0.15) is 11.6 Å². The molecule has 1 unspecified atom stereocenters. The summed E-state index contributed by atoms with van der Waals surface area (Å²) < 4.78 is 7.30. The molecule has 2 aliphatic rings. The van der Waals surface area contributed by atoms with Gasteiger partial charge in [-0.15, -0.1) is 5.10 Å². The predicted molar refractivity (Wildman–Crippen MR) is 137 cm³/mol. The molecule has 0 amide bonds. The molecule has 0 bridgehead atoms. The highest BCUT2D eigenvalue weighted by Gasteiger charge is 2.21. The molecule has 8 heteroatoms. The van der Waals surface area contributed by atoms with Gasteiger partial charge < -0.3 is 14.5 Å². The highest BCUT2D eigenvalue weighted by atomic mass is 16.5. The molecule has 0 N–H and O–H groups in total. The first-order valence-electron chi connectivity index (χ1n) is 11.7. The van der Waals surface area contributed by atoms with E-state index < -0.39 is 0 Å². The van der Waals surface area contributed by atoms with Crippen molar-refractivity contribution in [3.8, 4) is 17.1 Å². The summed E-state index contributed by atoms with van der Waals surface area (Å²) in [5.74, 6) is 0.671. The molecule has 1 atom stereocenters. The Hall–Kier alpha value is -4.30. The first-order valence-corrected chi connectivity index (χ1v) is 11.7. The number of rotatable bonds is 5. The molecule has 6 rings (SSSR count). The summed E-state index contributed by atoms with van der Waals surface area (Å²) >= 11 is 0. The lowest BCUT2D eigenvalue weighted by Crippen LogP contribution is -2.36. The molecule has 4 heterocycles. The van der Waals surface area contributed by atoms with Crippen LogP contribution in [-0.4, -0.2) is 52.4 Å². The Morgan fingerprint density at radius 1 is 0.857 bits per heavy atom. The summed E-state index contributed by atoms with van der Waals surface area (Å²) in [6.45, 7) is 3.38. The summed E-state index contributed by atoms with van der Waals surface area (Å²) in [4.78, 5) is 17.5. The highest BCUT2D eigenvalue weighted by molar-refractivity contribution is 5.83. The van der Waals surface area contributed by atoms with Crippen molar-refractivity contribution < 1.29 is 4.74 Å². The van der Waals surface area contributed by atoms with E-state index in [1.165, 1.54) is 11.3 Å². The minimum Gasteiger partial charge on any atom is -0.378 e. The van der Waals surface area contributed by atoms with Gasteiger partial charge in [-0.1, -0.05) is 12.1 Å². The van der Waals surface area contributed by atoms with E-state index in [1.54, 1.807) is 23.4 Å². The fourth-order valence-corrected chi connectivity index (χ4v) is 4.43. The number of aromatic nitrogens is 4. The summed E-state index contributed by atoms with van der Waals surface area (Å²) in [5, 5.41) is 4.62. The zero-order chi connectivity index (χ0) is 23.5. The Kier molecular flexibility index (Phi) is 5.78. The maximum Gasteiger partial charge on any atom is 0.181 e. The molecule has 174 valence electrons. The van der Waals surface area contributed by atoms with Gasteiger partial charge in [0.15, 0.2) is 5.82 Å². The van der Waals surface area contributed by atoms with Gasteiger partial charge in [-0.2, -0.15) is 0 Å². The van der Waals surface area contributed by atoms with Crippen LogP contribution in [0.3, 0.4) is 0 Å². The quantitative estimate of drug-likeness (QED) is 0.440. The number of anilines is 2. The number of morpholine rings is 1. The van der Waals surface area contributed by atoms with Gasteiger partial charge >= 0.3 is 0 Å². The Balaban J connectivity index is 1.24. The largest absolute Gasteiger partial charge is 0.378 e. The molecule has 0 aliphatic carbocycles. The normalized spacial score (nSPS) is 17.7. The zero-order valence-electron chi connectivity index (χ0n) is 19.2. The molecule has 2 aliphatic heterocycles. The third-order valence-electron chi connectivity index (χ3n) is 6.28. The fourth-order valence-electron chi connectivity index (χ4n) is 4.43. The molecular formula is C27H25N7O. The van der Waals surface area contributed by atoms with Crippen LogP contribution < -0.4 is 9.80 Å². The highest BCUT2D eigenvalue weighted by Crippen LogP contribution is 2.32. The van der Waals surface area contributed by atoms with E-state index in [0.717, 1.165) is 43.2 Å². The molecule has 4 aromatic rings. The fraction of sp³-hybridized carbons (Fsp3) is 0.185. The second kappa shape index (κ2) is 9.52. The molecular weight excluding hydrogens is 438 g/mol. The predicted octanol–water partition coefficient (Wildman–Crippen LogP) is 4.27. The number of pyridine rings is 1. The lowest BCUT2D eigenvalue weighted by Gasteiger charge is -2.32. The van der Waals surface area contributed by atoms with Crippen molar-refractivity contribution in [2.24, 2.45) is 4.99 Å². The number of hydrogen-bond donors (Lipinski definition) is 0. The summed E-state index contributed by atoms with van der Waals surface area (Å²) in [6.07, 6.45) is 11.1. The Morgan fingerprint density at radius 2 is 1.66 bits per heavy atom. The van der Waals surface area contributed by atoms with Crippen molar-refractivity contribution in [1.29, 1.82) is 0 Å². The van der Waals surface area contributed by atoms with Crippen LogP contribution in [0.2, 0.25) is 0 Å². The molecule has 2 aromatic heterocycles. The molecule has 0 radical (unpaired) electrons. The van der Waals surface area contributed by atoms with Gasteiger partial charge in [0, 0.05) is 48.6 Å². The van der Waals surface area contributed by atoms with E-state index in [4.69, 9.17) is 4.74 Å². The van der Waals surface area contributed by atoms with Crippen molar-refractivity contribution in [3.63, 3.8) is 0 Å². The van der Waals surface area contributed by atoms with Gasteiger partial charge in [-0.3, -0.25) is 4.98 Å². The van der Waals surface area contributed by atoms with Crippen LogP contribution in [0.5, 0.6) is 0 Å². The lowest BCUT2D eigenvalue weighted by molar-refractivity contribution is 0.122. The Morgan fingerprint density at radius 3 is 2.49 bits per heavy atom. The average Bonchev–Trinajstić information content (AvgIpc) is 3.45. The molecule has 1 saturated heterocycles. The molecule has 8 nitrogen and oxygen atoms in total. The van der Waals surface area contributed by atoms with Crippen LogP contribution in [0.25, 0.3) is 17.1 Å². The Bertz CT molecular complexity index is 1340. The van der Waals surface area contributed by atoms with Gasteiger partial charge in [0.25, 0.3) is 0 Å². The molecule has 2 aromatic carbocycles. The number of benzene rings is 2. The van der Waals surface area contributed by atoms with Crippen LogP contribution in [0.4, 0.5) is 11.4 Å². The molecule has 35 heavy (non-hydrogen) atoms. The SMILES string of the molecule is C1=CC(c2cccc(N3CCOCC3)c2)N(c2ccc(-n3cnc(-c4ccncc4)n3)cc2)C=N1. The average molecular weight is 464 g/mol. The van der Waals surface area contributed by atoms with Gasteiger partial charge in [0.2, 0.25) is 0 Å². The number of hydrogen-bond acceptors (Lipinski definition) is 7. The van der Waals surface area contributed by atoms with Crippen molar-refractivity contribution in [3.05, 3.63) is 97.2 Å². The van der Waals surface area contributed by atoms with E-state index >= 15 is 0 Å². The second-order valence-electron chi connectivity index (χ2n) is 8.42. The van der Waals surface area contributed by atoms with Crippen molar-refractivity contribution >= 4 is 17.7 Å². The zero-order valence-corrected chi connectivity index (χ0v) is 19.2. The third kappa shape index (κ3) is 4.43. The van der Waals surface area contributed by atoms with Crippen LogP contribution in [0, 0.1) is 0 Å². The number of aliphatic imine (C=N–C) groups is 1. The topological polar surface area (TPSA) is 71.7 Å². The Labute approximate surface area is 203 Å². The minimum absolute atomic E-state index is 0.0593. The second-order valence-corrected chi connectivity index (χ2v) is 8.42. The number of nitrogens with zero attached hydrogens (tertiary/aromatic N) is 7. The maximum atomic E-state index is 5.52. The maximum absolute atomic E-state index is 5.52. The standard InChI is InChI=1S/C27H25N7O/c1-2-22(18-25(3-1)32-14-16-35-17-15-32)26-10-13-29-19-33(26)23-4-6-24(7-5-23)34-20-30-27(31-34)21-8-11-28-12-9-21/h1-13,18-20,26H,14-17H2. The summed E-state index contributed by atoms with van der Waals surface area (Å²) in [5.41, 5.74) is 5.38. The van der Waals surface area contributed by atoms with Gasteiger partial charge in [0.05, 0.1) is 31.3 Å². The molecule has 0 spiro atoms. The van der Waals surface area contributed by atoms with E-state index in [1.807, 2.05) is 36.8 Å². The van der Waals surface area contributed by atoms with Crippen LogP contribution in [0.15, 0.2) is 96.7 Å². The van der Waals surface area contributed by atoms with E-state index in [-0.39, 0.29) is 6.04 Å². The van der Waals surface area contributed by atoms with Crippen LogP contribution in [-0.2, 0) is 4.74 Å². The first kappa shape index (κ1) is 21.2. The minimum atomic E-state index is 0.0593. The summed E-state index contributed by atoms with van der Waals surface area (Å²) in [6, 6.07) is 20.9. The van der Waals surface area contributed by atoms with Crippen molar-refractivity contribution in [2.45, 2.75) is 6.04 Å². The van der Waals surface area contributed by atoms with Gasteiger partial charge in [0.1, 0.15) is 6.33 Å². The molecule has 0 saturated carbocycles. The van der Waals surface area contributed by atoms with Crippen molar-refractivity contribution in [1.82, 2.24) is 19.7 Å². The van der Waals surface area contributed by atoms with Crippen molar-refractivity contribution in [2.75, 3.05) is 36.1 Å².